The van der Waals surface area contributed by atoms with Gasteiger partial charge in [0.2, 0.25) is 0 Å². The van der Waals surface area contributed by atoms with E-state index in [4.69, 9.17) is 10.00 Å². The van der Waals surface area contributed by atoms with E-state index in [0.29, 0.717) is 50.0 Å². The summed E-state index contributed by atoms with van der Waals surface area (Å²) in [6.45, 7) is 3.74. The van der Waals surface area contributed by atoms with Gasteiger partial charge in [-0.05, 0) is 67.3 Å². The monoisotopic (exact) mass is 497 g/mol. The van der Waals surface area contributed by atoms with Gasteiger partial charge in [0.1, 0.15) is 0 Å². The number of anilines is 1. The third-order valence-corrected chi connectivity index (χ3v) is 8.04. The summed E-state index contributed by atoms with van der Waals surface area (Å²) in [7, 11) is 0. The van der Waals surface area contributed by atoms with Crippen LogP contribution >= 0.6 is 0 Å². The number of ether oxygens (including phenoxy) is 1. The van der Waals surface area contributed by atoms with Gasteiger partial charge < -0.3 is 14.5 Å². The van der Waals surface area contributed by atoms with Crippen molar-refractivity contribution in [3.05, 3.63) is 65.2 Å². The lowest BCUT2D eigenvalue weighted by atomic mass is 9.71. The first kappa shape index (κ1) is 24.6. The molecule has 8 heteroatoms. The SMILES string of the molecule is N#Cc1ccc(N2CC(COCC3CC3)C3(CCN(C(=O)c4ccccc4)CC3)C2)cc1C(F)(F)F. The van der Waals surface area contributed by atoms with Gasteiger partial charge in [-0.15, -0.1) is 0 Å². The lowest BCUT2D eigenvalue weighted by Gasteiger charge is -2.42. The number of nitriles is 1. The third kappa shape index (κ3) is 5.08. The average molecular weight is 498 g/mol. The maximum absolute atomic E-state index is 13.6. The van der Waals surface area contributed by atoms with Gasteiger partial charge in [-0.25, -0.2) is 0 Å². The van der Waals surface area contributed by atoms with Crippen LogP contribution in [0.1, 0.15) is 47.2 Å². The number of halogens is 3. The Balaban J connectivity index is 1.34. The molecule has 1 unspecified atom stereocenters. The minimum absolute atomic E-state index is 0.0174. The van der Waals surface area contributed by atoms with Crippen LogP contribution in [0, 0.1) is 28.6 Å². The number of carbonyl (C=O) groups excluding carboxylic acids is 1. The first-order valence-corrected chi connectivity index (χ1v) is 12.6. The van der Waals surface area contributed by atoms with E-state index in [1.165, 1.54) is 18.9 Å². The summed E-state index contributed by atoms with van der Waals surface area (Å²) < 4.78 is 46.9. The smallest absolute Gasteiger partial charge is 0.381 e. The molecule has 0 N–H and O–H groups in total. The minimum Gasteiger partial charge on any atom is -0.381 e. The fourth-order valence-electron chi connectivity index (χ4n) is 5.67. The quantitative estimate of drug-likeness (QED) is 0.539. The number of nitrogens with zero attached hydrogens (tertiary/aromatic N) is 3. The predicted octanol–water partition coefficient (Wildman–Crippen LogP) is 5.36. The van der Waals surface area contributed by atoms with Gasteiger partial charge in [-0.3, -0.25) is 4.79 Å². The van der Waals surface area contributed by atoms with E-state index in [1.54, 1.807) is 12.1 Å². The highest BCUT2D eigenvalue weighted by Crippen LogP contribution is 2.47. The molecule has 1 amide bonds. The van der Waals surface area contributed by atoms with E-state index >= 15 is 0 Å². The highest BCUT2D eigenvalue weighted by atomic mass is 19.4. The lowest BCUT2D eigenvalue weighted by Crippen LogP contribution is -2.47. The number of hydrogen-bond donors (Lipinski definition) is 0. The number of alkyl halides is 3. The zero-order valence-corrected chi connectivity index (χ0v) is 20.1. The fraction of sp³-hybridized carbons (Fsp3) is 0.500. The van der Waals surface area contributed by atoms with Gasteiger partial charge in [0.15, 0.2) is 0 Å². The number of benzene rings is 2. The number of hydrogen-bond acceptors (Lipinski definition) is 4. The Bertz CT molecular complexity index is 1130. The second kappa shape index (κ2) is 9.78. The molecule has 1 aliphatic carbocycles. The summed E-state index contributed by atoms with van der Waals surface area (Å²) >= 11 is 0. The molecule has 2 aliphatic heterocycles. The molecule has 2 aromatic rings. The molecule has 1 spiro atoms. The van der Waals surface area contributed by atoms with Crippen LogP contribution in [-0.2, 0) is 10.9 Å². The van der Waals surface area contributed by atoms with Crippen LogP contribution in [0.4, 0.5) is 18.9 Å². The van der Waals surface area contributed by atoms with E-state index in [9.17, 15) is 18.0 Å². The largest absolute Gasteiger partial charge is 0.417 e. The number of rotatable bonds is 6. The molecule has 190 valence electrons. The average Bonchev–Trinajstić information content (AvgIpc) is 3.65. The summed E-state index contributed by atoms with van der Waals surface area (Å²) in [4.78, 5) is 16.9. The van der Waals surface area contributed by atoms with Crippen molar-refractivity contribution in [2.75, 3.05) is 44.3 Å². The second-order valence-corrected chi connectivity index (χ2v) is 10.4. The molecule has 3 aliphatic rings. The maximum atomic E-state index is 13.6. The van der Waals surface area contributed by atoms with Gasteiger partial charge in [0.05, 0.1) is 23.8 Å². The molecule has 2 heterocycles. The van der Waals surface area contributed by atoms with Crippen LogP contribution in [0.25, 0.3) is 0 Å². The Morgan fingerprint density at radius 1 is 1.08 bits per heavy atom. The van der Waals surface area contributed by atoms with Crippen molar-refractivity contribution in [1.29, 1.82) is 5.26 Å². The molecule has 3 fully saturated rings. The van der Waals surface area contributed by atoms with Crippen LogP contribution < -0.4 is 4.90 Å². The summed E-state index contributed by atoms with van der Waals surface area (Å²) in [5.74, 6) is 0.815. The van der Waals surface area contributed by atoms with Crippen LogP contribution in [0.5, 0.6) is 0 Å². The summed E-state index contributed by atoms with van der Waals surface area (Å²) in [6.07, 6.45) is -0.633. The van der Waals surface area contributed by atoms with Crippen LogP contribution in [0.15, 0.2) is 48.5 Å². The van der Waals surface area contributed by atoms with Crippen LogP contribution in [-0.4, -0.2) is 50.2 Å². The zero-order chi connectivity index (χ0) is 25.3. The summed E-state index contributed by atoms with van der Waals surface area (Å²) in [6, 6.07) is 14.9. The Hall–Kier alpha value is -3.05. The molecule has 2 saturated heterocycles. The summed E-state index contributed by atoms with van der Waals surface area (Å²) in [5.41, 5.74) is -0.245. The molecule has 1 atom stereocenters. The highest BCUT2D eigenvalue weighted by Gasteiger charge is 2.49. The van der Waals surface area contributed by atoms with E-state index in [0.717, 1.165) is 25.5 Å². The van der Waals surface area contributed by atoms with Gasteiger partial charge in [0, 0.05) is 50.0 Å². The molecule has 1 saturated carbocycles. The van der Waals surface area contributed by atoms with Gasteiger partial charge >= 0.3 is 6.18 Å². The van der Waals surface area contributed by atoms with E-state index < -0.39 is 11.7 Å². The maximum Gasteiger partial charge on any atom is 0.417 e. The molecular weight excluding hydrogens is 467 g/mol. The Labute approximate surface area is 209 Å². The number of piperidine rings is 1. The molecular formula is C28H30F3N3O2. The van der Waals surface area contributed by atoms with Gasteiger partial charge in [-0.2, -0.15) is 18.4 Å². The topological polar surface area (TPSA) is 56.6 Å². The standard InChI is InChI=1S/C28H30F3N3O2/c29-28(30,31)25-14-24(9-8-22(25)15-32)34-16-23(18-36-17-20-6-7-20)27(19-34)10-12-33(13-11-27)26(35)21-4-2-1-3-5-21/h1-5,8-9,14,20,23H,6-7,10-13,16-19H2. The Morgan fingerprint density at radius 3 is 2.44 bits per heavy atom. The highest BCUT2D eigenvalue weighted by molar-refractivity contribution is 5.94. The number of likely N-dealkylation sites (tertiary alicyclic amines) is 1. The normalized spacial score (nSPS) is 21.6. The fourth-order valence-corrected chi connectivity index (χ4v) is 5.67. The molecule has 36 heavy (non-hydrogen) atoms. The van der Waals surface area contributed by atoms with Crippen molar-refractivity contribution in [3.63, 3.8) is 0 Å². The number of carbonyl (C=O) groups is 1. The minimum atomic E-state index is -4.59. The molecule has 5 nitrogen and oxygen atoms in total. The molecule has 5 rings (SSSR count). The van der Waals surface area contributed by atoms with Gasteiger partial charge in [-0.1, -0.05) is 18.2 Å². The van der Waals surface area contributed by atoms with E-state index in [1.807, 2.05) is 40.1 Å². The van der Waals surface area contributed by atoms with Crippen molar-refractivity contribution in [3.8, 4) is 6.07 Å². The predicted molar refractivity (Wildman–Crippen MR) is 129 cm³/mol. The second-order valence-electron chi connectivity index (χ2n) is 10.4. The first-order valence-electron chi connectivity index (χ1n) is 12.6. The van der Waals surface area contributed by atoms with Crippen molar-refractivity contribution >= 4 is 11.6 Å². The Morgan fingerprint density at radius 2 is 1.81 bits per heavy atom. The van der Waals surface area contributed by atoms with Crippen LogP contribution in [0.2, 0.25) is 0 Å². The zero-order valence-electron chi connectivity index (χ0n) is 20.1. The van der Waals surface area contributed by atoms with Crippen molar-refractivity contribution in [2.24, 2.45) is 17.3 Å². The first-order chi connectivity index (χ1) is 17.3. The van der Waals surface area contributed by atoms with Gasteiger partial charge in [0.25, 0.3) is 5.91 Å². The lowest BCUT2D eigenvalue weighted by molar-refractivity contribution is -0.137. The van der Waals surface area contributed by atoms with Crippen molar-refractivity contribution in [2.45, 2.75) is 31.9 Å². The van der Waals surface area contributed by atoms with E-state index in [-0.39, 0.29) is 22.8 Å². The third-order valence-electron chi connectivity index (χ3n) is 8.04. The Kier molecular flexibility index (Phi) is 6.69. The van der Waals surface area contributed by atoms with Crippen LogP contribution in [0.3, 0.4) is 0 Å². The number of amides is 1. The molecule has 0 bridgehead atoms. The summed E-state index contributed by atoms with van der Waals surface area (Å²) in [5, 5.41) is 9.17. The van der Waals surface area contributed by atoms with Crippen molar-refractivity contribution in [1.82, 2.24) is 4.90 Å². The molecule has 0 radical (unpaired) electrons. The molecule has 2 aromatic carbocycles. The van der Waals surface area contributed by atoms with Crippen molar-refractivity contribution < 1.29 is 22.7 Å². The van der Waals surface area contributed by atoms with E-state index in [2.05, 4.69) is 0 Å². The molecule has 0 aromatic heterocycles.